The molecule has 0 saturated heterocycles. The van der Waals surface area contributed by atoms with Gasteiger partial charge in [-0.3, -0.25) is 0 Å². The van der Waals surface area contributed by atoms with Gasteiger partial charge in [0.15, 0.2) is 16.1 Å². The van der Waals surface area contributed by atoms with E-state index in [4.69, 9.17) is 13.9 Å². The third kappa shape index (κ3) is 12.1. The van der Waals surface area contributed by atoms with E-state index in [0.717, 1.165) is 19.4 Å². The molecule has 0 aliphatic heterocycles. The molecule has 17 heavy (non-hydrogen) atoms. The Kier molecular flexibility index (Phi) is 13.8. The molecule has 0 bridgehead atoms. The number of hydrogen-bond acceptors (Lipinski definition) is 3. The number of ether oxygens (including phenoxy) is 2. The lowest BCUT2D eigenvalue weighted by molar-refractivity contribution is -0.140. The van der Waals surface area contributed by atoms with E-state index in [2.05, 4.69) is 18.7 Å². The average molecular weight is 260 g/mol. The molecule has 0 unspecified atom stereocenters. The lowest BCUT2D eigenvalue weighted by Crippen LogP contribution is -2.18. The molecule has 0 aromatic carbocycles. The molecule has 102 valence electrons. The maximum atomic E-state index is 5.63. The summed E-state index contributed by atoms with van der Waals surface area (Å²) in [5.41, 5.74) is 2.23. The molecule has 0 rings (SSSR count). The van der Waals surface area contributed by atoms with Crippen LogP contribution in [0.15, 0.2) is 11.8 Å². The lowest BCUT2D eigenvalue weighted by atomic mass is 10.3. The highest BCUT2D eigenvalue weighted by molar-refractivity contribution is 6.34. The van der Waals surface area contributed by atoms with Gasteiger partial charge in [0, 0.05) is 26.2 Å². The van der Waals surface area contributed by atoms with E-state index in [9.17, 15) is 0 Å². The monoisotopic (exact) mass is 260 g/mol. The third-order valence-corrected chi connectivity index (χ3v) is 3.32. The zero-order chi connectivity index (χ0) is 12.8. The Morgan fingerprint density at radius 2 is 1.82 bits per heavy atom. The first-order chi connectivity index (χ1) is 8.35. The zero-order valence-corrected chi connectivity index (χ0v) is 13.0. The molecule has 0 heterocycles. The van der Waals surface area contributed by atoms with Gasteiger partial charge in [-0.1, -0.05) is 25.1 Å². The second-order valence-corrected chi connectivity index (χ2v) is 5.03. The van der Waals surface area contributed by atoms with Crippen LogP contribution < -0.4 is 0 Å². The van der Waals surface area contributed by atoms with Crippen molar-refractivity contribution in [2.24, 2.45) is 0 Å². The van der Waals surface area contributed by atoms with Gasteiger partial charge in [-0.25, -0.2) is 0 Å². The standard InChI is InChI=1S/C13H28O3Si/c1-4-7-8-12-17-16-11-9-10-13(14-5-2)15-6-3/h8,12-13H,4-7,9-11,17H2,1-3H3. The lowest BCUT2D eigenvalue weighted by Gasteiger charge is -2.16. The summed E-state index contributed by atoms with van der Waals surface area (Å²) in [6.45, 7) is 8.43. The molecule has 0 aliphatic rings. The molecule has 0 aliphatic carbocycles. The summed E-state index contributed by atoms with van der Waals surface area (Å²) >= 11 is 0. The minimum atomic E-state index is -0.439. The van der Waals surface area contributed by atoms with Crippen LogP contribution in [-0.2, 0) is 13.9 Å². The molecular formula is C13H28O3Si. The SMILES string of the molecule is CCCC=C[SiH2]OCCCC(OCC)OCC. The topological polar surface area (TPSA) is 27.7 Å². The van der Waals surface area contributed by atoms with Crippen molar-refractivity contribution in [1.29, 1.82) is 0 Å². The quantitative estimate of drug-likeness (QED) is 0.307. The minimum absolute atomic E-state index is 0.0501. The van der Waals surface area contributed by atoms with E-state index >= 15 is 0 Å². The normalized spacial score (nSPS) is 12.5. The Morgan fingerprint density at radius 1 is 1.12 bits per heavy atom. The largest absolute Gasteiger partial charge is 0.419 e. The smallest absolute Gasteiger partial charge is 0.184 e. The van der Waals surface area contributed by atoms with Crippen molar-refractivity contribution in [3.8, 4) is 0 Å². The zero-order valence-electron chi connectivity index (χ0n) is 11.6. The highest BCUT2D eigenvalue weighted by Gasteiger charge is 2.06. The van der Waals surface area contributed by atoms with E-state index in [0.29, 0.717) is 13.2 Å². The van der Waals surface area contributed by atoms with Crippen LogP contribution in [0.4, 0.5) is 0 Å². The second-order valence-electron chi connectivity index (χ2n) is 3.82. The molecule has 0 radical (unpaired) electrons. The Hall–Kier alpha value is -0.163. The van der Waals surface area contributed by atoms with Crippen molar-refractivity contribution in [2.75, 3.05) is 19.8 Å². The summed E-state index contributed by atoms with van der Waals surface area (Å²) in [6, 6.07) is 0. The minimum Gasteiger partial charge on any atom is -0.419 e. The maximum Gasteiger partial charge on any atom is 0.184 e. The van der Waals surface area contributed by atoms with Crippen molar-refractivity contribution < 1.29 is 13.9 Å². The van der Waals surface area contributed by atoms with Crippen LogP contribution >= 0.6 is 0 Å². The van der Waals surface area contributed by atoms with Gasteiger partial charge >= 0.3 is 0 Å². The van der Waals surface area contributed by atoms with Crippen LogP contribution in [-0.4, -0.2) is 35.9 Å². The van der Waals surface area contributed by atoms with Crippen LogP contribution in [0.1, 0.15) is 46.5 Å². The van der Waals surface area contributed by atoms with Crippen LogP contribution in [0.25, 0.3) is 0 Å². The average Bonchev–Trinajstić information content (AvgIpc) is 2.33. The van der Waals surface area contributed by atoms with Crippen LogP contribution in [0, 0.1) is 0 Å². The molecule has 0 aromatic heterocycles. The van der Waals surface area contributed by atoms with Crippen LogP contribution in [0.5, 0.6) is 0 Å². The molecule has 0 spiro atoms. The van der Waals surface area contributed by atoms with Crippen LogP contribution in [0.3, 0.4) is 0 Å². The predicted molar refractivity (Wildman–Crippen MR) is 74.8 cm³/mol. The second kappa shape index (κ2) is 13.9. The van der Waals surface area contributed by atoms with Crippen LogP contribution in [0.2, 0.25) is 0 Å². The highest BCUT2D eigenvalue weighted by Crippen LogP contribution is 2.04. The number of rotatable bonds is 12. The van der Waals surface area contributed by atoms with Crippen molar-refractivity contribution in [3.05, 3.63) is 11.8 Å². The third-order valence-electron chi connectivity index (χ3n) is 2.27. The summed E-state index contributed by atoms with van der Waals surface area (Å²) in [5, 5.41) is 0. The van der Waals surface area contributed by atoms with Gasteiger partial charge in [-0.2, -0.15) is 0 Å². The molecule has 3 nitrogen and oxygen atoms in total. The fourth-order valence-corrected chi connectivity index (χ4v) is 2.32. The van der Waals surface area contributed by atoms with Gasteiger partial charge in [-0.15, -0.1) is 0 Å². The predicted octanol–water partition coefficient (Wildman–Crippen LogP) is 2.58. The first-order valence-electron chi connectivity index (χ1n) is 6.81. The number of hydrogen-bond donors (Lipinski definition) is 0. The Labute approximate surface area is 108 Å². The van der Waals surface area contributed by atoms with Gasteiger partial charge < -0.3 is 13.9 Å². The van der Waals surface area contributed by atoms with E-state index in [1.165, 1.54) is 12.8 Å². The molecule has 0 aromatic rings. The van der Waals surface area contributed by atoms with Gasteiger partial charge in [0.05, 0.1) is 0 Å². The molecular weight excluding hydrogens is 232 g/mol. The summed E-state index contributed by atoms with van der Waals surface area (Å²) in [5.74, 6) is 0. The molecule has 0 amide bonds. The number of allylic oxidation sites excluding steroid dienone is 1. The first kappa shape index (κ1) is 16.8. The van der Waals surface area contributed by atoms with Crippen molar-refractivity contribution in [2.45, 2.75) is 52.7 Å². The van der Waals surface area contributed by atoms with E-state index < -0.39 is 9.76 Å². The summed E-state index contributed by atoms with van der Waals surface area (Å²) in [6.07, 6.45) is 6.51. The fourth-order valence-electron chi connectivity index (χ4n) is 1.44. The Bertz CT molecular complexity index is 168. The molecule has 0 atom stereocenters. The summed E-state index contributed by atoms with van der Waals surface area (Å²) < 4.78 is 16.6. The summed E-state index contributed by atoms with van der Waals surface area (Å²) in [7, 11) is -0.439. The number of unbranched alkanes of at least 4 members (excludes halogenated alkanes) is 1. The van der Waals surface area contributed by atoms with Gasteiger partial charge in [0.1, 0.15) is 0 Å². The van der Waals surface area contributed by atoms with Crippen molar-refractivity contribution in [3.63, 3.8) is 0 Å². The van der Waals surface area contributed by atoms with Gasteiger partial charge in [0.25, 0.3) is 0 Å². The van der Waals surface area contributed by atoms with E-state index in [1.807, 2.05) is 13.8 Å². The van der Waals surface area contributed by atoms with Gasteiger partial charge in [0.2, 0.25) is 0 Å². The van der Waals surface area contributed by atoms with Crippen molar-refractivity contribution in [1.82, 2.24) is 0 Å². The first-order valence-corrected chi connectivity index (χ1v) is 8.20. The summed E-state index contributed by atoms with van der Waals surface area (Å²) in [4.78, 5) is 0. The Morgan fingerprint density at radius 3 is 2.41 bits per heavy atom. The molecule has 0 fully saturated rings. The molecule has 4 heteroatoms. The highest BCUT2D eigenvalue weighted by atomic mass is 28.2. The fraction of sp³-hybridized carbons (Fsp3) is 0.846. The molecule has 0 saturated carbocycles. The maximum absolute atomic E-state index is 5.63. The van der Waals surface area contributed by atoms with E-state index in [-0.39, 0.29) is 6.29 Å². The van der Waals surface area contributed by atoms with E-state index in [1.54, 1.807) is 0 Å². The Balaban J connectivity index is 3.35. The molecule has 0 N–H and O–H groups in total. The van der Waals surface area contributed by atoms with Crippen molar-refractivity contribution >= 4 is 9.76 Å². The van der Waals surface area contributed by atoms with Gasteiger partial charge in [-0.05, 0) is 26.7 Å².